The molecular weight excluding hydrogens is 314 g/mol. The summed E-state index contributed by atoms with van der Waals surface area (Å²) in [7, 11) is 0. The van der Waals surface area contributed by atoms with Gasteiger partial charge < -0.3 is 15.0 Å². The van der Waals surface area contributed by atoms with Crippen LogP contribution < -0.4 is 10.2 Å². The third kappa shape index (κ3) is 3.66. The first-order chi connectivity index (χ1) is 12.3. The number of carbonyl (C=O) groups excluding carboxylic acids is 1. The number of nitrogens with zero attached hydrogens (tertiary/aromatic N) is 2. The first-order valence-electron chi connectivity index (χ1n) is 8.92. The van der Waals surface area contributed by atoms with Crippen molar-refractivity contribution in [2.24, 2.45) is 5.92 Å². The zero-order valence-corrected chi connectivity index (χ0v) is 14.2. The van der Waals surface area contributed by atoms with Crippen molar-refractivity contribution in [2.75, 3.05) is 31.2 Å². The van der Waals surface area contributed by atoms with Crippen LogP contribution >= 0.6 is 0 Å². The Balaban J connectivity index is 1.37. The maximum Gasteiger partial charge on any atom is 0.224 e. The lowest BCUT2D eigenvalue weighted by Gasteiger charge is -2.29. The van der Waals surface area contributed by atoms with Crippen LogP contribution in [0.3, 0.4) is 0 Å². The van der Waals surface area contributed by atoms with Gasteiger partial charge in [0.15, 0.2) is 0 Å². The van der Waals surface area contributed by atoms with E-state index in [4.69, 9.17) is 4.74 Å². The standard InChI is InChI=1S/C20H23N3O2/c24-20(18-13-17(18)15-5-2-1-3-6-15)22-14-16-7-4-8-21-19(16)23-9-11-25-12-10-23/h1-8,17-18H,9-14H2,(H,22,24)/t17-,18+/m0/s1. The summed E-state index contributed by atoms with van der Waals surface area (Å²) in [5.41, 5.74) is 2.33. The molecule has 0 spiro atoms. The molecule has 130 valence electrons. The molecule has 2 aliphatic rings. The molecule has 5 heteroatoms. The molecule has 1 amide bonds. The van der Waals surface area contributed by atoms with Crippen molar-refractivity contribution in [1.29, 1.82) is 0 Å². The highest BCUT2D eigenvalue weighted by atomic mass is 16.5. The summed E-state index contributed by atoms with van der Waals surface area (Å²) >= 11 is 0. The molecule has 25 heavy (non-hydrogen) atoms. The van der Waals surface area contributed by atoms with Gasteiger partial charge in [0, 0.05) is 37.3 Å². The number of morpholine rings is 1. The molecule has 0 bridgehead atoms. The molecule has 2 heterocycles. The summed E-state index contributed by atoms with van der Waals surface area (Å²) < 4.78 is 5.41. The van der Waals surface area contributed by atoms with Crippen molar-refractivity contribution in [1.82, 2.24) is 10.3 Å². The fourth-order valence-corrected chi connectivity index (χ4v) is 3.49. The monoisotopic (exact) mass is 337 g/mol. The van der Waals surface area contributed by atoms with Crippen LogP contribution in [0.4, 0.5) is 5.82 Å². The zero-order chi connectivity index (χ0) is 17.1. The first-order valence-corrected chi connectivity index (χ1v) is 8.92. The number of carbonyl (C=O) groups is 1. The second kappa shape index (κ2) is 7.23. The smallest absolute Gasteiger partial charge is 0.224 e. The predicted molar refractivity (Wildman–Crippen MR) is 96.4 cm³/mol. The Hall–Kier alpha value is -2.40. The maximum atomic E-state index is 12.5. The Morgan fingerprint density at radius 2 is 1.96 bits per heavy atom. The molecule has 0 radical (unpaired) electrons. The van der Waals surface area contributed by atoms with E-state index in [9.17, 15) is 4.79 Å². The van der Waals surface area contributed by atoms with Crippen LogP contribution in [0.2, 0.25) is 0 Å². The lowest BCUT2D eigenvalue weighted by atomic mass is 10.1. The maximum absolute atomic E-state index is 12.5. The lowest BCUT2D eigenvalue weighted by molar-refractivity contribution is -0.122. The van der Waals surface area contributed by atoms with Crippen molar-refractivity contribution in [3.8, 4) is 0 Å². The summed E-state index contributed by atoms with van der Waals surface area (Å²) in [5, 5.41) is 3.10. The van der Waals surface area contributed by atoms with Crippen molar-refractivity contribution in [3.05, 3.63) is 59.8 Å². The van der Waals surface area contributed by atoms with Crippen molar-refractivity contribution >= 4 is 11.7 Å². The van der Waals surface area contributed by atoms with Gasteiger partial charge in [0.25, 0.3) is 0 Å². The first kappa shape index (κ1) is 16.1. The average molecular weight is 337 g/mol. The van der Waals surface area contributed by atoms with E-state index in [-0.39, 0.29) is 11.8 Å². The minimum atomic E-state index is 0.103. The van der Waals surface area contributed by atoms with Gasteiger partial charge in [-0.1, -0.05) is 36.4 Å². The summed E-state index contributed by atoms with van der Waals surface area (Å²) in [6, 6.07) is 14.3. The highest BCUT2D eigenvalue weighted by molar-refractivity contribution is 5.83. The van der Waals surface area contributed by atoms with E-state index in [1.807, 2.05) is 36.5 Å². The van der Waals surface area contributed by atoms with Crippen molar-refractivity contribution in [2.45, 2.75) is 18.9 Å². The number of anilines is 1. The quantitative estimate of drug-likeness (QED) is 0.910. The Bertz CT molecular complexity index is 729. The molecule has 2 fully saturated rings. The summed E-state index contributed by atoms with van der Waals surface area (Å²) in [6.45, 7) is 3.66. The number of ether oxygens (including phenoxy) is 1. The molecule has 1 saturated carbocycles. The minimum Gasteiger partial charge on any atom is -0.378 e. The number of rotatable bonds is 5. The summed E-state index contributed by atoms with van der Waals surface area (Å²) in [5.74, 6) is 1.58. The third-order valence-corrected chi connectivity index (χ3v) is 4.99. The van der Waals surface area contributed by atoms with E-state index in [2.05, 4.69) is 27.3 Å². The fourth-order valence-electron chi connectivity index (χ4n) is 3.49. The topological polar surface area (TPSA) is 54.5 Å². The molecule has 1 saturated heterocycles. The van der Waals surface area contributed by atoms with Gasteiger partial charge in [0.1, 0.15) is 5.82 Å². The Kier molecular flexibility index (Phi) is 4.65. The molecule has 1 N–H and O–H groups in total. The number of pyridine rings is 1. The normalized spacial score (nSPS) is 22.5. The Labute approximate surface area is 148 Å². The number of aromatic nitrogens is 1. The van der Waals surface area contributed by atoms with Gasteiger partial charge in [0.2, 0.25) is 5.91 Å². The molecule has 5 nitrogen and oxygen atoms in total. The van der Waals surface area contributed by atoms with Gasteiger partial charge in [0.05, 0.1) is 13.2 Å². The van der Waals surface area contributed by atoms with E-state index in [0.717, 1.165) is 44.1 Å². The highest BCUT2D eigenvalue weighted by Gasteiger charge is 2.43. The molecule has 1 aliphatic heterocycles. The average Bonchev–Trinajstić information content (AvgIpc) is 3.49. The van der Waals surface area contributed by atoms with Crippen LogP contribution in [0, 0.1) is 5.92 Å². The van der Waals surface area contributed by atoms with Crippen LogP contribution in [-0.2, 0) is 16.1 Å². The second-order valence-electron chi connectivity index (χ2n) is 6.66. The van der Waals surface area contributed by atoms with E-state index >= 15 is 0 Å². The minimum absolute atomic E-state index is 0.103. The van der Waals surface area contributed by atoms with Crippen LogP contribution in [0.15, 0.2) is 48.7 Å². The van der Waals surface area contributed by atoms with Crippen LogP contribution in [0.25, 0.3) is 0 Å². The van der Waals surface area contributed by atoms with Gasteiger partial charge in [-0.15, -0.1) is 0 Å². The van der Waals surface area contributed by atoms with Crippen LogP contribution in [-0.4, -0.2) is 37.2 Å². The third-order valence-electron chi connectivity index (χ3n) is 4.99. The summed E-state index contributed by atoms with van der Waals surface area (Å²) in [4.78, 5) is 19.2. The lowest BCUT2D eigenvalue weighted by Crippen LogP contribution is -2.38. The number of hydrogen-bond acceptors (Lipinski definition) is 4. The highest BCUT2D eigenvalue weighted by Crippen LogP contribution is 2.47. The van der Waals surface area contributed by atoms with Gasteiger partial charge >= 0.3 is 0 Å². The molecule has 2 atom stereocenters. The van der Waals surface area contributed by atoms with Crippen LogP contribution in [0.1, 0.15) is 23.5 Å². The number of nitrogens with one attached hydrogen (secondary N) is 1. The van der Waals surface area contributed by atoms with E-state index < -0.39 is 0 Å². The number of amides is 1. The number of benzene rings is 1. The van der Waals surface area contributed by atoms with Crippen molar-refractivity contribution < 1.29 is 9.53 Å². The van der Waals surface area contributed by atoms with Crippen molar-refractivity contribution in [3.63, 3.8) is 0 Å². The molecule has 1 aliphatic carbocycles. The fraction of sp³-hybridized carbons (Fsp3) is 0.400. The van der Waals surface area contributed by atoms with E-state index in [1.165, 1.54) is 5.56 Å². The largest absolute Gasteiger partial charge is 0.378 e. The van der Waals surface area contributed by atoms with Gasteiger partial charge in [-0.05, 0) is 24.0 Å². The predicted octanol–water partition coefficient (Wildman–Crippen LogP) is 2.34. The molecule has 1 aromatic heterocycles. The van der Waals surface area contributed by atoms with E-state index in [1.54, 1.807) is 0 Å². The van der Waals surface area contributed by atoms with Gasteiger partial charge in [-0.3, -0.25) is 4.79 Å². The molecule has 0 unspecified atom stereocenters. The SMILES string of the molecule is O=C(NCc1cccnc1N1CCOCC1)[C@@H]1C[C@H]1c1ccccc1. The Morgan fingerprint density at radius 1 is 1.16 bits per heavy atom. The van der Waals surface area contributed by atoms with E-state index in [0.29, 0.717) is 12.5 Å². The zero-order valence-electron chi connectivity index (χ0n) is 14.2. The van der Waals surface area contributed by atoms with Gasteiger partial charge in [-0.2, -0.15) is 0 Å². The molecule has 4 rings (SSSR count). The molecule has 1 aromatic carbocycles. The van der Waals surface area contributed by atoms with Crippen LogP contribution in [0.5, 0.6) is 0 Å². The molecular formula is C20H23N3O2. The Morgan fingerprint density at radius 3 is 2.76 bits per heavy atom. The molecule has 2 aromatic rings. The van der Waals surface area contributed by atoms with Gasteiger partial charge in [-0.25, -0.2) is 4.98 Å². The summed E-state index contributed by atoms with van der Waals surface area (Å²) in [6.07, 6.45) is 2.75. The second-order valence-corrected chi connectivity index (χ2v) is 6.66. The number of hydrogen-bond donors (Lipinski definition) is 1.